The Bertz CT molecular complexity index is 916. The van der Waals surface area contributed by atoms with Crippen molar-refractivity contribution < 1.29 is 19.1 Å². The van der Waals surface area contributed by atoms with Crippen LogP contribution in [0.25, 0.3) is 0 Å². The summed E-state index contributed by atoms with van der Waals surface area (Å²) < 4.78 is 11.5. The summed E-state index contributed by atoms with van der Waals surface area (Å²) >= 11 is 3.56. The Morgan fingerprint density at radius 2 is 2.03 bits per heavy atom. The molecule has 2 heterocycles. The van der Waals surface area contributed by atoms with Crippen LogP contribution in [0.15, 0.2) is 28.7 Å². The zero-order valence-corrected chi connectivity index (χ0v) is 19.4. The van der Waals surface area contributed by atoms with Crippen molar-refractivity contribution in [1.82, 2.24) is 10.3 Å². The standard InChI is InChI=1S/C23H29BrN2O4/c1-4-6-18-19(22(28)29-3)15(2)26-20(18)21(27)25-14-23(9-11-30-12-10-23)16-7-5-8-17(24)13-16/h5,7-8,13,26H,4,6,9-12,14H2,1-3H3,(H,25,27). The van der Waals surface area contributed by atoms with Gasteiger partial charge in [-0.3, -0.25) is 4.79 Å². The molecule has 1 aromatic heterocycles. The Hall–Kier alpha value is -2.12. The van der Waals surface area contributed by atoms with Gasteiger partial charge in [-0.05, 0) is 49.4 Å². The number of aromatic amines is 1. The van der Waals surface area contributed by atoms with Crippen molar-refractivity contribution in [3.8, 4) is 0 Å². The molecule has 3 rings (SSSR count). The topological polar surface area (TPSA) is 80.4 Å². The van der Waals surface area contributed by atoms with Gasteiger partial charge in [-0.15, -0.1) is 0 Å². The Labute approximate surface area is 185 Å². The van der Waals surface area contributed by atoms with Crippen molar-refractivity contribution in [2.75, 3.05) is 26.9 Å². The van der Waals surface area contributed by atoms with E-state index in [-0.39, 0.29) is 11.3 Å². The predicted octanol–water partition coefficient (Wildman–Crippen LogP) is 4.30. The van der Waals surface area contributed by atoms with E-state index in [9.17, 15) is 9.59 Å². The number of benzene rings is 1. The number of hydrogen-bond donors (Lipinski definition) is 2. The Morgan fingerprint density at radius 3 is 2.67 bits per heavy atom. The van der Waals surface area contributed by atoms with E-state index in [0.717, 1.165) is 29.3 Å². The summed E-state index contributed by atoms with van der Waals surface area (Å²) in [5.41, 5.74) is 3.30. The smallest absolute Gasteiger partial charge is 0.339 e. The van der Waals surface area contributed by atoms with Gasteiger partial charge in [-0.25, -0.2) is 4.79 Å². The fourth-order valence-electron chi connectivity index (χ4n) is 4.23. The number of carbonyl (C=O) groups excluding carboxylic acids is 2. The summed E-state index contributed by atoms with van der Waals surface area (Å²) in [6.45, 7) is 5.65. The molecule has 1 aliphatic rings. The number of nitrogens with one attached hydrogen (secondary N) is 2. The molecule has 2 N–H and O–H groups in total. The van der Waals surface area contributed by atoms with E-state index in [4.69, 9.17) is 9.47 Å². The maximum absolute atomic E-state index is 13.2. The number of methoxy groups -OCH3 is 1. The highest BCUT2D eigenvalue weighted by molar-refractivity contribution is 9.10. The molecule has 162 valence electrons. The van der Waals surface area contributed by atoms with Crippen LogP contribution < -0.4 is 5.32 Å². The van der Waals surface area contributed by atoms with E-state index in [1.807, 2.05) is 19.1 Å². The fraction of sp³-hybridized carbons (Fsp3) is 0.478. The largest absolute Gasteiger partial charge is 0.465 e. The highest BCUT2D eigenvalue weighted by atomic mass is 79.9. The number of rotatable bonds is 7. The molecule has 0 aliphatic carbocycles. The molecule has 0 radical (unpaired) electrons. The van der Waals surface area contributed by atoms with E-state index in [1.54, 1.807) is 6.92 Å². The number of halogens is 1. The lowest BCUT2D eigenvalue weighted by molar-refractivity contribution is 0.0486. The lowest BCUT2D eigenvalue weighted by atomic mass is 9.74. The molecule has 7 heteroatoms. The summed E-state index contributed by atoms with van der Waals surface area (Å²) in [5, 5.41) is 3.13. The first kappa shape index (κ1) is 22.6. The van der Waals surface area contributed by atoms with Crippen molar-refractivity contribution in [3.63, 3.8) is 0 Å². The molecule has 1 saturated heterocycles. The molecule has 1 fully saturated rings. The molecular formula is C23H29BrN2O4. The minimum Gasteiger partial charge on any atom is -0.465 e. The van der Waals surface area contributed by atoms with Gasteiger partial charge in [0.2, 0.25) is 0 Å². The van der Waals surface area contributed by atoms with Crippen LogP contribution in [0.1, 0.15) is 63.9 Å². The maximum atomic E-state index is 13.2. The van der Waals surface area contributed by atoms with Crippen LogP contribution in [-0.2, 0) is 21.3 Å². The molecule has 0 saturated carbocycles. The number of amides is 1. The Kier molecular flexibility index (Phi) is 7.36. The fourth-order valence-corrected chi connectivity index (χ4v) is 4.63. The van der Waals surface area contributed by atoms with Gasteiger partial charge in [0.1, 0.15) is 5.69 Å². The van der Waals surface area contributed by atoms with Crippen molar-refractivity contribution in [2.24, 2.45) is 0 Å². The number of carbonyl (C=O) groups is 2. The molecule has 6 nitrogen and oxygen atoms in total. The van der Waals surface area contributed by atoms with Crippen LogP contribution >= 0.6 is 15.9 Å². The molecule has 1 aliphatic heterocycles. The van der Waals surface area contributed by atoms with E-state index < -0.39 is 5.97 Å². The second kappa shape index (κ2) is 9.79. The van der Waals surface area contributed by atoms with Gasteiger partial charge >= 0.3 is 5.97 Å². The lowest BCUT2D eigenvalue weighted by Crippen LogP contribution is -2.44. The normalized spacial score (nSPS) is 15.6. The number of hydrogen-bond acceptors (Lipinski definition) is 4. The van der Waals surface area contributed by atoms with Gasteiger partial charge in [-0.2, -0.15) is 0 Å². The molecule has 2 aromatic rings. The van der Waals surface area contributed by atoms with Gasteiger partial charge in [0, 0.05) is 35.3 Å². The molecule has 0 unspecified atom stereocenters. The van der Waals surface area contributed by atoms with Crippen LogP contribution in [0.5, 0.6) is 0 Å². The second-order valence-electron chi connectivity index (χ2n) is 7.81. The second-order valence-corrected chi connectivity index (χ2v) is 8.72. The summed E-state index contributed by atoms with van der Waals surface area (Å²) in [6.07, 6.45) is 3.12. The van der Waals surface area contributed by atoms with E-state index in [0.29, 0.717) is 43.1 Å². The van der Waals surface area contributed by atoms with Crippen LogP contribution in [-0.4, -0.2) is 43.7 Å². The van der Waals surface area contributed by atoms with Crippen LogP contribution in [0.2, 0.25) is 0 Å². The quantitative estimate of drug-likeness (QED) is 0.583. The summed E-state index contributed by atoms with van der Waals surface area (Å²) in [7, 11) is 1.36. The highest BCUT2D eigenvalue weighted by Gasteiger charge is 2.35. The van der Waals surface area contributed by atoms with Crippen molar-refractivity contribution in [2.45, 2.75) is 44.9 Å². The minimum absolute atomic E-state index is 0.185. The third-order valence-corrected chi connectivity index (χ3v) is 6.38. The Morgan fingerprint density at radius 1 is 1.30 bits per heavy atom. The number of esters is 1. The Balaban J connectivity index is 1.87. The highest BCUT2D eigenvalue weighted by Crippen LogP contribution is 2.35. The number of ether oxygens (including phenoxy) is 2. The summed E-state index contributed by atoms with van der Waals surface area (Å²) in [6, 6.07) is 8.25. The zero-order chi connectivity index (χ0) is 21.7. The first-order valence-corrected chi connectivity index (χ1v) is 11.1. The summed E-state index contributed by atoms with van der Waals surface area (Å²) in [4.78, 5) is 28.5. The van der Waals surface area contributed by atoms with Crippen molar-refractivity contribution >= 4 is 27.8 Å². The number of aromatic nitrogens is 1. The third-order valence-electron chi connectivity index (χ3n) is 5.88. The van der Waals surface area contributed by atoms with Gasteiger partial charge in [0.05, 0.1) is 12.7 Å². The van der Waals surface area contributed by atoms with E-state index in [2.05, 4.69) is 38.4 Å². The van der Waals surface area contributed by atoms with Gasteiger partial charge in [-0.1, -0.05) is 41.4 Å². The molecule has 1 amide bonds. The molecule has 0 atom stereocenters. The van der Waals surface area contributed by atoms with Gasteiger partial charge in [0.15, 0.2) is 0 Å². The molecule has 0 spiro atoms. The monoisotopic (exact) mass is 476 g/mol. The van der Waals surface area contributed by atoms with Crippen molar-refractivity contribution in [1.29, 1.82) is 0 Å². The lowest BCUT2D eigenvalue weighted by Gasteiger charge is -2.38. The average Bonchev–Trinajstić information content (AvgIpc) is 3.08. The first-order valence-electron chi connectivity index (χ1n) is 10.3. The predicted molar refractivity (Wildman–Crippen MR) is 119 cm³/mol. The number of H-pyrrole nitrogens is 1. The van der Waals surface area contributed by atoms with E-state index >= 15 is 0 Å². The molecule has 30 heavy (non-hydrogen) atoms. The van der Waals surface area contributed by atoms with Crippen LogP contribution in [0.4, 0.5) is 0 Å². The third kappa shape index (κ3) is 4.62. The number of aryl methyl sites for hydroxylation is 1. The van der Waals surface area contributed by atoms with E-state index in [1.165, 1.54) is 12.7 Å². The van der Waals surface area contributed by atoms with Gasteiger partial charge in [0.25, 0.3) is 5.91 Å². The minimum atomic E-state index is -0.415. The van der Waals surface area contributed by atoms with Crippen molar-refractivity contribution in [3.05, 3.63) is 56.8 Å². The molecule has 0 bridgehead atoms. The average molecular weight is 477 g/mol. The molecular weight excluding hydrogens is 448 g/mol. The maximum Gasteiger partial charge on any atom is 0.339 e. The van der Waals surface area contributed by atoms with Crippen LogP contribution in [0.3, 0.4) is 0 Å². The zero-order valence-electron chi connectivity index (χ0n) is 17.8. The SMILES string of the molecule is CCCc1c(C(=O)NCC2(c3cccc(Br)c3)CCOCC2)[nH]c(C)c1C(=O)OC. The summed E-state index contributed by atoms with van der Waals surface area (Å²) in [5.74, 6) is -0.612. The molecule has 1 aromatic carbocycles. The first-order chi connectivity index (χ1) is 14.4. The van der Waals surface area contributed by atoms with Gasteiger partial charge < -0.3 is 19.8 Å². The van der Waals surface area contributed by atoms with Crippen LogP contribution in [0, 0.1) is 6.92 Å².